The summed E-state index contributed by atoms with van der Waals surface area (Å²) in [6.45, 7) is 7.27. The molecule has 0 bridgehead atoms. The normalized spacial score (nSPS) is 39.0. The summed E-state index contributed by atoms with van der Waals surface area (Å²) in [5.74, 6) is 0.907. The second-order valence-electron chi connectivity index (χ2n) is 5.81. The highest BCUT2D eigenvalue weighted by Gasteiger charge is 2.35. The van der Waals surface area contributed by atoms with Crippen molar-refractivity contribution in [1.29, 1.82) is 0 Å². The molecular weight excluding hydrogens is 158 g/mol. The molecule has 2 saturated carbocycles. The lowest BCUT2D eigenvalue weighted by atomic mass is 9.68. The van der Waals surface area contributed by atoms with E-state index < -0.39 is 0 Å². The molecule has 0 heterocycles. The first-order valence-electron chi connectivity index (χ1n) is 5.84. The molecule has 1 nitrogen and oxygen atoms in total. The summed E-state index contributed by atoms with van der Waals surface area (Å²) in [6, 6.07) is 1.70. The first-order chi connectivity index (χ1) is 6.08. The minimum Gasteiger partial charge on any atom is -0.311 e. The van der Waals surface area contributed by atoms with Gasteiger partial charge in [-0.25, -0.2) is 0 Å². The molecule has 13 heavy (non-hydrogen) atoms. The van der Waals surface area contributed by atoms with Gasteiger partial charge in [0.1, 0.15) is 0 Å². The highest BCUT2D eigenvalue weighted by molar-refractivity contribution is 4.92. The molecule has 2 atom stereocenters. The maximum atomic E-state index is 3.77. The quantitative estimate of drug-likeness (QED) is 0.690. The van der Waals surface area contributed by atoms with Crippen molar-refractivity contribution in [2.24, 2.45) is 11.3 Å². The van der Waals surface area contributed by atoms with Crippen molar-refractivity contribution in [3.8, 4) is 0 Å². The zero-order chi connectivity index (χ0) is 9.47. The van der Waals surface area contributed by atoms with E-state index in [1.807, 2.05) is 0 Å². The van der Waals surface area contributed by atoms with Crippen LogP contribution in [0.25, 0.3) is 0 Å². The van der Waals surface area contributed by atoms with Crippen LogP contribution in [-0.2, 0) is 0 Å². The average molecular weight is 181 g/mol. The van der Waals surface area contributed by atoms with E-state index in [1.54, 1.807) is 0 Å². The van der Waals surface area contributed by atoms with E-state index in [0.29, 0.717) is 5.41 Å². The zero-order valence-electron chi connectivity index (χ0n) is 9.27. The Bertz CT molecular complexity index is 182. The SMILES string of the molecule is CC1CCC(NC2CC2)CC1(C)C. The largest absolute Gasteiger partial charge is 0.311 e. The first kappa shape index (κ1) is 9.51. The van der Waals surface area contributed by atoms with Crippen molar-refractivity contribution in [3.63, 3.8) is 0 Å². The van der Waals surface area contributed by atoms with Crippen molar-refractivity contribution >= 4 is 0 Å². The Hall–Kier alpha value is -0.0400. The Morgan fingerprint density at radius 1 is 1.00 bits per heavy atom. The summed E-state index contributed by atoms with van der Waals surface area (Å²) in [5.41, 5.74) is 0.560. The van der Waals surface area contributed by atoms with E-state index >= 15 is 0 Å². The Balaban J connectivity index is 1.86. The Morgan fingerprint density at radius 2 is 1.62 bits per heavy atom. The molecule has 0 radical (unpaired) electrons. The van der Waals surface area contributed by atoms with Crippen LogP contribution in [0.1, 0.15) is 52.9 Å². The molecule has 1 heteroatoms. The van der Waals surface area contributed by atoms with Gasteiger partial charge in [-0.3, -0.25) is 0 Å². The van der Waals surface area contributed by atoms with Gasteiger partial charge in [0.25, 0.3) is 0 Å². The fourth-order valence-corrected chi connectivity index (χ4v) is 2.51. The second kappa shape index (κ2) is 3.27. The average Bonchev–Trinajstić information content (AvgIpc) is 2.80. The molecule has 0 aromatic rings. The second-order valence-corrected chi connectivity index (χ2v) is 5.81. The van der Waals surface area contributed by atoms with Gasteiger partial charge in [-0.2, -0.15) is 0 Å². The summed E-state index contributed by atoms with van der Waals surface area (Å²) in [6.07, 6.45) is 7.04. The lowest BCUT2D eigenvalue weighted by Gasteiger charge is -2.41. The summed E-state index contributed by atoms with van der Waals surface area (Å²) in [4.78, 5) is 0. The topological polar surface area (TPSA) is 12.0 Å². The van der Waals surface area contributed by atoms with Crippen LogP contribution in [-0.4, -0.2) is 12.1 Å². The number of rotatable bonds is 2. The van der Waals surface area contributed by atoms with Crippen molar-refractivity contribution in [1.82, 2.24) is 5.32 Å². The first-order valence-corrected chi connectivity index (χ1v) is 5.84. The molecular formula is C12H23N. The van der Waals surface area contributed by atoms with Crippen LogP contribution < -0.4 is 5.32 Å². The monoisotopic (exact) mass is 181 g/mol. The molecule has 1 N–H and O–H groups in total. The zero-order valence-corrected chi connectivity index (χ0v) is 9.27. The molecule has 0 amide bonds. The fraction of sp³-hybridized carbons (Fsp3) is 1.00. The summed E-state index contributed by atoms with van der Waals surface area (Å²) < 4.78 is 0. The minimum absolute atomic E-state index is 0.560. The smallest absolute Gasteiger partial charge is 0.00749 e. The van der Waals surface area contributed by atoms with Gasteiger partial charge in [0.05, 0.1) is 0 Å². The highest BCUT2D eigenvalue weighted by Crippen LogP contribution is 2.40. The predicted octanol–water partition coefficient (Wildman–Crippen LogP) is 2.95. The van der Waals surface area contributed by atoms with Crippen molar-refractivity contribution in [2.45, 2.75) is 65.0 Å². The van der Waals surface area contributed by atoms with Crippen LogP contribution in [0.3, 0.4) is 0 Å². The summed E-state index contributed by atoms with van der Waals surface area (Å²) in [5, 5.41) is 3.77. The summed E-state index contributed by atoms with van der Waals surface area (Å²) in [7, 11) is 0. The molecule has 0 aliphatic heterocycles. The maximum Gasteiger partial charge on any atom is 0.00749 e. The van der Waals surface area contributed by atoms with E-state index in [2.05, 4.69) is 26.1 Å². The van der Waals surface area contributed by atoms with Crippen LogP contribution in [0.2, 0.25) is 0 Å². The van der Waals surface area contributed by atoms with Gasteiger partial charge >= 0.3 is 0 Å². The molecule has 0 saturated heterocycles. The highest BCUT2D eigenvalue weighted by atomic mass is 15.0. The van der Waals surface area contributed by atoms with Gasteiger partial charge in [0.2, 0.25) is 0 Å². The Kier molecular flexibility index (Phi) is 2.39. The molecule has 76 valence electrons. The van der Waals surface area contributed by atoms with Crippen molar-refractivity contribution in [3.05, 3.63) is 0 Å². The van der Waals surface area contributed by atoms with Gasteiger partial charge in [0, 0.05) is 12.1 Å². The third-order valence-electron chi connectivity index (χ3n) is 4.10. The maximum absolute atomic E-state index is 3.77. The molecule has 0 spiro atoms. The molecule has 0 aromatic heterocycles. The molecule has 2 fully saturated rings. The molecule has 2 rings (SSSR count). The summed E-state index contributed by atoms with van der Waals surface area (Å²) >= 11 is 0. The lowest BCUT2D eigenvalue weighted by Crippen LogP contribution is -2.41. The number of nitrogens with one attached hydrogen (secondary N) is 1. The lowest BCUT2D eigenvalue weighted by molar-refractivity contribution is 0.123. The number of hydrogen-bond donors (Lipinski definition) is 1. The van der Waals surface area contributed by atoms with E-state index in [4.69, 9.17) is 0 Å². The van der Waals surface area contributed by atoms with E-state index in [0.717, 1.165) is 18.0 Å². The third kappa shape index (κ3) is 2.25. The van der Waals surface area contributed by atoms with E-state index in [-0.39, 0.29) is 0 Å². The van der Waals surface area contributed by atoms with Gasteiger partial charge < -0.3 is 5.32 Å². The van der Waals surface area contributed by atoms with Crippen molar-refractivity contribution < 1.29 is 0 Å². The van der Waals surface area contributed by atoms with Gasteiger partial charge in [0.15, 0.2) is 0 Å². The third-order valence-corrected chi connectivity index (χ3v) is 4.10. The van der Waals surface area contributed by atoms with Gasteiger partial charge in [-0.05, 0) is 43.4 Å². The molecule has 2 aliphatic carbocycles. The Labute approximate surface area is 82.3 Å². The predicted molar refractivity (Wildman–Crippen MR) is 56.7 cm³/mol. The van der Waals surface area contributed by atoms with E-state index in [9.17, 15) is 0 Å². The van der Waals surface area contributed by atoms with Gasteiger partial charge in [-0.1, -0.05) is 20.8 Å². The van der Waals surface area contributed by atoms with E-state index in [1.165, 1.54) is 32.1 Å². The number of hydrogen-bond acceptors (Lipinski definition) is 1. The molecule has 0 aromatic carbocycles. The van der Waals surface area contributed by atoms with Crippen LogP contribution in [0.5, 0.6) is 0 Å². The molecule has 2 unspecified atom stereocenters. The van der Waals surface area contributed by atoms with Crippen LogP contribution in [0, 0.1) is 11.3 Å². The fourth-order valence-electron chi connectivity index (χ4n) is 2.51. The molecule has 2 aliphatic rings. The van der Waals surface area contributed by atoms with Crippen LogP contribution in [0.15, 0.2) is 0 Å². The minimum atomic E-state index is 0.560. The van der Waals surface area contributed by atoms with Crippen LogP contribution >= 0.6 is 0 Å². The Morgan fingerprint density at radius 3 is 2.15 bits per heavy atom. The van der Waals surface area contributed by atoms with Crippen LogP contribution in [0.4, 0.5) is 0 Å². The standard InChI is InChI=1S/C12H23N/c1-9-4-5-11(8-12(9,2)3)13-10-6-7-10/h9-11,13H,4-8H2,1-3H3. The van der Waals surface area contributed by atoms with Crippen molar-refractivity contribution in [2.75, 3.05) is 0 Å². The van der Waals surface area contributed by atoms with Gasteiger partial charge in [-0.15, -0.1) is 0 Å².